The van der Waals surface area contributed by atoms with E-state index in [4.69, 9.17) is 20.9 Å². The molecule has 38 heavy (non-hydrogen) atoms. The Hall–Kier alpha value is -3.59. The maximum Gasteiger partial charge on any atom is 0.236 e. The van der Waals surface area contributed by atoms with E-state index in [1.54, 1.807) is 6.20 Å². The minimum absolute atomic E-state index is 0.0608. The average Bonchev–Trinajstić information content (AvgIpc) is 3.46. The molecule has 1 saturated heterocycles. The van der Waals surface area contributed by atoms with Crippen molar-refractivity contribution in [2.24, 2.45) is 0 Å². The van der Waals surface area contributed by atoms with Crippen molar-refractivity contribution >= 4 is 42.0 Å². The Morgan fingerprint density at radius 2 is 1.95 bits per heavy atom. The van der Waals surface area contributed by atoms with Gasteiger partial charge in [0.1, 0.15) is 5.82 Å². The smallest absolute Gasteiger partial charge is 0.236 e. The second-order valence-electron chi connectivity index (χ2n) is 9.71. The first-order valence-corrected chi connectivity index (χ1v) is 13.0. The fourth-order valence-corrected chi connectivity index (χ4v) is 5.39. The van der Waals surface area contributed by atoms with Crippen molar-refractivity contribution in [2.75, 3.05) is 25.1 Å². The fourth-order valence-electron chi connectivity index (χ4n) is 5.28. The van der Waals surface area contributed by atoms with Crippen LogP contribution in [0.1, 0.15) is 29.5 Å². The molecule has 1 aromatic carbocycles. The van der Waals surface area contributed by atoms with Gasteiger partial charge in [-0.2, -0.15) is 0 Å². The van der Waals surface area contributed by atoms with Gasteiger partial charge in [0.15, 0.2) is 6.23 Å². The third-order valence-corrected chi connectivity index (χ3v) is 7.72. The second-order valence-corrected chi connectivity index (χ2v) is 9.89. The van der Waals surface area contributed by atoms with Crippen LogP contribution in [0.25, 0.3) is 11.1 Å². The monoisotopic (exact) mass is 525 g/mol. The zero-order valence-electron chi connectivity index (χ0n) is 20.7. The average molecular weight is 526 g/mol. The van der Waals surface area contributed by atoms with Crippen LogP contribution >= 0.6 is 11.9 Å². The summed E-state index contributed by atoms with van der Waals surface area (Å²) >= 11 is 5.41. The number of rotatable bonds is 6. The lowest BCUT2D eigenvalue weighted by atomic mass is 9.73. The molecule has 191 valence electrons. The molecule has 0 saturated carbocycles. The van der Waals surface area contributed by atoms with E-state index in [0.717, 1.165) is 28.8 Å². The molecule has 1 unspecified atom stereocenters. The van der Waals surface area contributed by atoms with Gasteiger partial charge in [-0.1, -0.05) is 36.4 Å². The molecular weight excluding hydrogens is 499 g/mol. The lowest BCUT2D eigenvalue weighted by molar-refractivity contribution is -0.125. The summed E-state index contributed by atoms with van der Waals surface area (Å²) in [4.78, 5) is 18.3. The van der Waals surface area contributed by atoms with E-state index in [2.05, 4.69) is 70.6 Å². The minimum Gasteiger partial charge on any atom is -0.391 e. The molecule has 4 aliphatic rings. The van der Waals surface area contributed by atoms with Gasteiger partial charge in [-0.05, 0) is 70.6 Å². The summed E-state index contributed by atoms with van der Waals surface area (Å²) in [5, 5.41) is 9.58. The van der Waals surface area contributed by atoms with E-state index < -0.39 is 5.41 Å². The number of ether oxygens (including phenoxy) is 1. The summed E-state index contributed by atoms with van der Waals surface area (Å²) in [6.45, 7) is 1.86. The number of halogens is 1. The number of aromatic nitrogens is 1. The number of pyridine rings is 1. The molecule has 1 radical (unpaired) electrons. The van der Waals surface area contributed by atoms with Gasteiger partial charge in [0.2, 0.25) is 13.2 Å². The number of dihydropyridines is 2. The van der Waals surface area contributed by atoms with Crippen molar-refractivity contribution in [3.05, 3.63) is 107 Å². The Bertz CT molecular complexity index is 1370. The van der Waals surface area contributed by atoms with Gasteiger partial charge in [-0.25, -0.2) is 9.27 Å². The number of amides is 1. The van der Waals surface area contributed by atoms with Gasteiger partial charge < -0.3 is 20.7 Å². The van der Waals surface area contributed by atoms with E-state index in [9.17, 15) is 4.79 Å². The van der Waals surface area contributed by atoms with Crippen LogP contribution in [-0.2, 0) is 19.2 Å². The highest BCUT2D eigenvalue weighted by atomic mass is 35.5. The molecule has 1 aromatic heterocycles. The molecule has 1 amide bonds. The van der Waals surface area contributed by atoms with Gasteiger partial charge in [-0.15, -0.1) is 5.98 Å². The molecule has 0 aliphatic carbocycles. The number of nitrogens with one attached hydrogen (secondary N) is 3. The van der Waals surface area contributed by atoms with Crippen LogP contribution in [0.3, 0.4) is 0 Å². The van der Waals surface area contributed by atoms with Crippen LogP contribution in [0.5, 0.6) is 0 Å². The molecule has 5 heterocycles. The van der Waals surface area contributed by atoms with Crippen molar-refractivity contribution < 1.29 is 13.8 Å². The van der Waals surface area contributed by atoms with Crippen LogP contribution in [0.15, 0.2) is 90.2 Å². The Morgan fingerprint density at radius 1 is 1.13 bits per heavy atom. The fraction of sp³-hybridized carbons (Fsp3) is 0.241. The summed E-state index contributed by atoms with van der Waals surface area (Å²) in [7, 11) is 2.09. The lowest BCUT2D eigenvalue weighted by Crippen LogP contribution is -2.45. The zero-order valence-corrected chi connectivity index (χ0v) is 21.5. The first-order chi connectivity index (χ1) is 18.6. The summed E-state index contributed by atoms with van der Waals surface area (Å²) in [5.74, 6) is 2.51. The van der Waals surface area contributed by atoms with Gasteiger partial charge in [-0.3, -0.25) is 4.79 Å². The molecular formula is C29H27BClN4O3. The molecule has 0 bridgehead atoms. The molecule has 9 heteroatoms. The number of nitrogens with zero attached hydrogens (tertiary/aromatic N) is 1. The Balaban J connectivity index is 1.19. The molecule has 6 rings (SSSR count). The van der Waals surface area contributed by atoms with Gasteiger partial charge in [0, 0.05) is 37.7 Å². The third-order valence-electron chi connectivity index (χ3n) is 7.53. The lowest BCUT2D eigenvalue weighted by Gasteiger charge is -2.36. The standard InChI is InChI=1S/C29H27BClN4O3/c31-38-26-8-4-22(17-33-26)21-3-7-25(32-16-21)35-28(36)29(10-13-37-14-11-29)24-5-1-19(2-6-24)23-15-20-9-12-30-27(20)34-18-23/h1-9,12,15-17,26,33-34H,10-11,13-14,18H2,(H,32,35,36). The highest BCUT2D eigenvalue weighted by Crippen LogP contribution is 2.37. The molecule has 1 atom stereocenters. The van der Waals surface area contributed by atoms with Crippen molar-refractivity contribution in [3.8, 4) is 0 Å². The molecule has 3 N–H and O–H groups in total. The SMILES string of the molecule is O=C(Nc1ccc(C2=CNC(OCl)C=C2)cn1)C1(c2ccc(C3=CC4=C([B]C=C4)NC3)cc2)CCOCC1. The van der Waals surface area contributed by atoms with Crippen LogP contribution in [0.2, 0.25) is 0 Å². The zero-order chi connectivity index (χ0) is 26.0. The Labute approximate surface area is 227 Å². The van der Waals surface area contributed by atoms with Crippen molar-refractivity contribution in [3.63, 3.8) is 0 Å². The van der Waals surface area contributed by atoms with Crippen molar-refractivity contribution in [1.82, 2.24) is 15.6 Å². The van der Waals surface area contributed by atoms with Crippen LogP contribution in [0, 0.1) is 0 Å². The predicted molar refractivity (Wildman–Crippen MR) is 150 cm³/mol. The summed E-state index contributed by atoms with van der Waals surface area (Å²) < 4.78 is 10.4. The normalized spacial score (nSPS) is 21.4. The van der Waals surface area contributed by atoms with Crippen LogP contribution in [0.4, 0.5) is 5.82 Å². The predicted octanol–water partition coefficient (Wildman–Crippen LogP) is 4.20. The number of anilines is 1. The van der Waals surface area contributed by atoms with Crippen molar-refractivity contribution in [2.45, 2.75) is 24.5 Å². The molecule has 7 nitrogen and oxygen atoms in total. The number of carbonyl (C=O) groups excluding carboxylic acids is 1. The van der Waals surface area contributed by atoms with E-state index in [-0.39, 0.29) is 12.1 Å². The first-order valence-electron chi connectivity index (χ1n) is 12.7. The summed E-state index contributed by atoms with van der Waals surface area (Å²) in [6, 6.07) is 12.2. The largest absolute Gasteiger partial charge is 0.391 e. The van der Waals surface area contributed by atoms with E-state index in [0.29, 0.717) is 31.9 Å². The highest BCUT2D eigenvalue weighted by Gasteiger charge is 2.42. The van der Waals surface area contributed by atoms with Crippen LogP contribution < -0.4 is 16.0 Å². The molecule has 2 aromatic rings. The molecule has 1 fully saturated rings. The van der Waals surface area contributed by atoms with Gasteiger partial charge >= 0.3 is 0 Å². The van der Waals surface area contributed by atoms with E-state index in [1.165, 1.54) is 16.7 Å². The van der Waals surface area contributed by atoms with Crippen LogP contribution in [-0.4, -0.2) is 44.2 Å². The molecule has 4 aliphatic heterocycles. The maximum atomic E-state index is 13.8. The van der Waals surface area contributed by atoms with E-state index in [1.807, 2.05) is 30.5 Å². The topological polar surface area (TPSA) is 84.5 Å². The number of benzene rings is 1. The first kappa shape index (κ1) is 24.7. The molecule has 0 spiro atoms. The Kier molecular flexibility index (Phi) is 6.93. The van der Waals surface area contributed by atoms with E-state index >= 15 is 0 Å². The summed E-state index contributed by atoms with van der Waals surface area (Å²) in [5.41, 5.74) is 6.93. The second kappa shape index (κ2) is 10.7. The quantitative estimate of drug-likeness (QED) is 0.491. The van der Waals surface area contributed by atoms with Gasteiger partial charge in [0.05, 0.1) is 17.3 Å². The number of allylic oxidation sites excluding steroid dienone is 5. The third kappa shape index (κ3) is 4.83. The highest BCUT2D eigenvalue weighted by molar-refractivity contribution is 6.53. The van der Waals surface area contributed by atoms with Gasteiger partial charge in [0.25, 0.3) is 0 Å². The number of hydrogen-bond acceptors (Lipinski definition) is 6. The maximum absolute atomic E-state index is 13.8. The summed E-state index contributed by atoms with van der Waals surface area (Å²) in [6.07, 6.45) is 12.5. The minimum atomic E-state index is -0.676. The number of carbonyl (C=O) groups is 1. The van der Waals surface area contributed by atoms with Crippen molar-refractivity contribution in [1.29, 1.82) is 0 Å². The number of hydrogen-bond donors (Lipinski definition) is 3. The Morgan fingerprint density at radius 3 is 2.66 bits per heavy atom.